The number of nitrogens with two attached hydrogens (primary N) is 1. The van der Waals surface area contributed by atoms with Crippen molar-refractivity contribution in [2.75, 3.05) is 6.61 Å². The van der Waals surface area contributed by atoms with Crippen LogP contribution < -0.4 is 5.73 Å². The summed E-state index contributed by atoms with van der Waals surface area (Å²) in [6.45, 7) is 1.49. The number of aliphatic hydroxyl groups is 5. The first-order chi connectivity index (χ1) is 14.8. The van der Waals surface area contributed by atoms with Gasteiger partial charge in [-0.1, -0.05) is 70.4 Å². The molecule has 31 heavy (non-hydrogen) atoms. The molecule has 0 aromatic heterocycles. The van der Waals surface area contributed by atoms with E-state index in [1.54, 1.807) is 0 Å². The maximum Gasteiger partial charge on any atom is 0.220 e. The number of allylic oxidation sites excluding steroid dienone is 2. The molecule has 7 heteroatoms. The number of hydrogen-bond donors (Lipinski definition) is 6. The van der Waals surface area contributed by atoms with E-state index < -0.39 is 42.8 Å². The van der Waals surface area contributed by atoms with Crippen molar-refractivity contribution in [2.24, 2.45) is 11.7 Å². The Balaban J connectivity index is 3.91. The van der Waals surface area contributed by atoms with Crippen molar-refractivity contribution in [2.45, 2.75) is 121 Å². The van der Waals surface area contributed by atoms with Crippen molar-refractivity contribution in [1.82, 2.24) is 0 Å². The minimum absolute atomic E-state index is 0.0904. The second-order valence-corrected chi connectivity index (χ2v) is 8.65. The molecule has 0 spiro atoms. The Labute approximate surface area is 188 Å². The summed E-state index contributed by atoms with van der Waals surface area (Å²) >= 11 is 0. The van der Waals surface area contributed by atoms with E-state index in [1.165, 1.54) is 38.5 Å². The van der Waals surface area contributed by atoms with Crippen LogP contribution in [-0.2, 0) is 4.79 Å². The molecule has 7 N–H and O–H groups in total. The third kappa shape index (κ3) is 15.5. The molecule has 0 fully saturated rings. The molecule has 0 aromatic rings. The Morgan fingerprint density at radius 1 is 0.774 bits per heavy atom. The first kappa shape index (κ1) is 30.0. The average Bonchev–Trinajstić information content (AvgIpc) is 2.76. The predicted molar refractivity (Wildman–Crippen MR) is 123 cm³/mol. The molecular formula is C24H47NO6. The molecule has 0 rings (SSSR count). The second kappa shape index (κ2) is 19.7. The molecule has 0 bridgehead atoms. The molecule has 3 unspecified atom stereocenters. The lowest BCUT2D eigenvalue weighted by molar-refractivity contribution is -0.130. The molecule has 184 valence electrons. The zero-order valence-corrected chi connectivity index (χ0v) is 19.4. The summed E-state index contributed by atoms with van der Waals surface area (Å²) < 4.78 is 0. The second-order valence-electron chi connectivity index (χ2n) is 8.65. The summed E-state index contributed by atoms with van der Waals surface area (Å²) in [4.78, 5) is 11.7. The third-order valence-electron chi connectivity index (χ3n) is 5.82. The first-order valence-corrected chi connectivity index (χ1v) is 12.1. The van der Waals surface area contributed by atoms with Crippen molar-refractivity contribution in [3.8, 4) is 0 Å². The monoisotopic (exact) mass is 445 g/mol. The predicted octanol–water partition coefficient (Wildman–Crippen LogP) is 2.56. The molecule has 5 atom stereocenters. The lowest BCUT2D eigenvalue weighted by Crippen LogP contribution is -2.47. The van der Waals surface area contributed by atoms with Gasteiger partial charge in [0.1, 0.15) is 18.3 Å². The smallest absolute Gasteiger partial charge is 0.220 e. The Kier molecular flexibility index (Phi) is 19.0. The van der Waals surface area contributed by atoms with E-state index in [2.05, 4.69) is 19.1 Å². The number of primary amides is 1. The van der Waals surface area contributed by atoms with Gasteiger partial charge in [0.25, 0.3) is 0 Å². The van der Waals surface area contributed by atoms with Gasteiger partial charge in [-0.15, -0.1) is 0 Å². The molecule has 0 aliphatic heterocycles. The van der Waals surface area contributed by atoms with Crippen LogP contribution >= 0.6 is 0 Å². The molecular weight excluding hydrogens is 398 g/mol. The van der Waals surface area contributed by atoms with Gasteiger partial charge < -0.3 is 31.3 Å². The summed E-state index contributed by atoms with van der Waals surface area (Å²) in [5.41, 5.74) is 5.41. The quantitative estimate of drug-likeness (QED) is 0.118. The summed E-state index contributed by atoms with van der Waals surface area (Å²) in [6.07, 6.45) is 12.7. The van der Waals surface area contributed by atoms with Crippen molar-refractivity contribution >= 4 is 5.91 Å². The number of amides is 1. The Bertz CT molecular complexity index is 459. The van der Waals surface area contributed by atoms with Gasteiger partial charge in [0.05, 0.1) is 12.7 Å². The van der Waals surface area contributed by atoms with Gasteiger partial charge in [-0.3, -0.25) is 4.79 Å². The minimum Gasteiger partial charge on any atom is -0.394 e. The van der Waals surface area contributed by atoms with Gasteiger partial charge in [-0.2, -0.15) is 0 Å². The highest BCUT2D eigenvalue weighted by atomic mass is 16.4. The molecule has 0 aliphatic rings. The maximum atomic E-state index is 11.7. The Morgan fingerprint density at radius 2 is 1.26 bits per heavy atom. The van der Waals surface area contributed by atoms with Crippen LogP contribution in [0.15, 0.2) is 12.2 Å². The van der Waals surface area contributed by atoms with Crippen LogP contribution in [0.2, 0.25) is 0 Å². The SMILES string of the molecule is CCCCCCCC/C=C\CCCCCCC(CC(O)C(O)[C@H](O)[C@H](O)CO)C(N)=O. The van der Waals surface area contributed by atoms with Gasteiger partial charge in [-0.25, -0.2) is 0 Å². The van der Waals surface area contributed by atoms with Gasteiger partial charge >= 0.3 is 0 Å². The normalized spacial score (nSPS) is 16.8. The summed E-state index contributed by atoms with van der Waals surface area (Å²) in [6, 6.07) is 0. The molecule has 0 saturated heterocycles. The molecule has 0 saturated carbocycles. The lowest BCUT2D eigenvalue weighted by atomic mass is 9.90. The van der Waals surface area contributed by atoms with Crippen LogP contribution in [0.25, 0.3) is 0 Å². The van der Waals surface area contributed by atoms with Crippen LogP contribution in [0.4, 0.5) is 0 Å². The van der Waals surface area contributed by atoms with Crippen LogP contribution in [0.1, 0.15) is 96.8 Å². The highest BCUT2D eigenvalue weighted by Crippen LogP contribution is 2.20. The summed E-state index contributed by atoms with van der Waals surface area (Å²) in [7, 11) is 0. The van der Waals surface area contributed by atoms with E-state index in [9.17, 15) is 25.2 Å². The highest BCUT2D eigenvalue weighted by Gasteiger charge is 2.32. The topological polar surface area (TPSA) is 144 Å². The average molecular weight is 446 g/mol. The largest absolute Gasteiger partial charge is 0.394 e. The van der Waals surface area contributed by atoms with Crippen molar-refractivity contribution in [1.29, 1.82) is 0 Å². The molecule has 0 aromatic carbocycles. The zero-order valence-electron chi connectivity index (χ0n) is 19.4. The van der Waals surface area contributed by atoms with E-state index in [1.807, 2.05) is 0 Å². The number of unbranched alkanes of at least 4 members (excludes halogenated alkanes) is 10. The van der Waals surface area contributed by atoms with E-state index >= 15 is 0 Å². The highest BCUT2D eigenvalue weighted by molar-refractivity contribution is 5.76. The standard InChI is InChI=1S/C24H47NO6/c1-2-3-4-5-6-7-8-9-10-11-12-13-14-15-16-19(24(25)31)17-20(27)22(29)23(30)21(28)18-26/h9-10,19-23,26-30H,2-8,11-18H2,1H3,(H2,25,31)/b10-9-/t19?,20?,21-,22?,23-/m1/s1. The van der Waals surface area contributed by atoms with Crippen molar-refractivity contribution in [3.05, 3.63) is 12.2 Å². The third-order valence-corrected chi connectivity index (χ3v) is 5.82. The molecule has 1 amide bonds. The summed E-state index contributed by atoms with van der Waals surface area (Å²) in [5.74, 6) is -1.17. The van der Waals surface area contributed by atoms with Crippen LogP contribution in [0.3, 0.4) is 0 Å². The molecule has 0 heterocycles. The number of carbonyl (C=O) groups is 1. The fraction of sp³-hybridized carbons (Fsp3) is 0.875. The number of aliphatic hydroxyl groups excluding tert-OH is 5. The fourth-order valence-corrected chi connectivity index (χ4v) is 3.66. The Morgan fingerprint density at radius 3 is 1.77 bits per heavy atom. The first-order valence-electron chi connectivity index (χ1n) is 12.1. The van der Waals surface area contributed by atoms with Gasteiger partial charge in [0, 0.05) is 5.92 Å². The van der Waals surface area contributed by atoms with E-state index in [4.69, 9.17) is 10.8 Å². The van der Waals surface area contributed by atoms with E-state index in [-0.39, 0.29) is 6.42 Å². The lowest BCUT2D eigenvalue weighted by Gasteiger charge is -2.27. The van der Waals surface area contributed by atoms with Crippen LogP contribution in [0.5, 0.6) is 0 Å². The Hall–Kier alpha value is -0.990. The van der Waals surface area contributed by atoms with Gasteiger partial charge in [0.2, 0.25) is 5.91 Å². The number of carbonyl (C=O) groups excluding carboxylic acids is 1. The molecule has 0 aliphatic carbocycles. The van der Waals surface area contributed by atoms with Gasteiger partial charge in [-0.05, 0) is 38.5 Å². The summed E-state index contributed by atoms with van der Waals surface area (Å²) in [5, 5.41) is 47.8. The number of hydrogen-bond acceptors (Lipinski definition) is 6. The van der Waals surface area contributed by atoms with E-state index in [0.717, 1.165) is 38.5 Å². The maximum absolute atomic E-state index is 11.7. The van der Waals surface area contributed by atoms with Gasteiger partial charge in [0.15, 0.2) is 0 Å². The van der Waals surface area contributed by atoms with E-state index in [0.29, 0.717) is 6.42 Å². The van der Waals surface area contributed by atoms with Crippen molar-refractivity contribution in [3.63, 3.8) is 0 Å². The molecule has 0 radical (unpaired) electrons. The number of rotatable bonds is 21. The van der Waals surface area contributed by atoms with Crippen molar-refractivity contribution < 1.29 is 30.3 Å². The minimum atomic E-state index is -1.69. The molecule has 7 nitrogen and oxygen atoms in total. The van der Waals surface area contributed by atoms with Crippen LogP contribution in [0, 0.1) is 5.92 Å². The fourth-order valence-electron chi connectivity index (χ4n) is 3.66. The van der Waals surface area contributed by atoms with Crippen LogP contribution in [-0.4, -0.2) is 62.5 Å². The zero-order chi connectivity index (χ0) is 23.5.